The molecular formula is C23H34IN3O3. The molecule has 0 amide bonds. The van der Waals surface area contributed by atoms with Crippen molar-refractivity contribution < 1.29 is 14.2 Å². The van der Waals surface area contributed by atoms with Crippen molar-refractivity contribution in [2.45, 2.75) is 32.9 Å². The van der Waals surface area contributed by atoms with Crippen LogP contribution in [0.5, 0.6) is 11.5 Å². The van der Waals surface area contributed by atoms with Crippen LogP contribution in [0, 0.1) is 0 Å². The molecule has 2 N–H and O–H groups in total. The zero-order valence-electron chi connectivity index (χ0n) is 18.1. The number of halogens is 1. The number of benzene rings is 2. The molecule has 2 rings (SSSR count). The van der Waals surface area contributed by atoms with Crippen LogP contribution in [0.25, 0.3) is 0 Å². The Morgan fingerprint density at radius 1 is 0.967 bits per heavy atom. The molecule has 0 bridgehead atoms. The summed E-state index contributed by atoms with van der Waals surface area (Å²) in [6.45, 7) is 5.62. The van der Waals surface area contributed by atoms with Gasteiger partial charge in [0.1, 0.15) is 6.61 Å². The normalized spacial score (nSPS) is 10.8. The third-order valence-electron chi connectivity index (χ3n) is 4.36. The second-order valence-electron chi connectivity index (χ2n) is 6.52. The number of nitrogens with one attached hydrogen (secondary N) is 2. The van der Waals surface area contributed by atoms with Gasteiger partial charge < -0.3 is 24.8 Å². The van der Waals surface area contributed by atoms with E-state index in [1.807, 2.05) is 55.5 Å². The molecule has 0 atom stereocenters. The van der Waals surface area contributed by atoms with Crippen molar-refractivity contribution >= 4 is 29.9 Å². The van der Waals surface area contributed by atoms with Crippen LogP contribution in [0.3, 0.4) is 0 Å². The highest BCUT2D eigenvalue weighted by Gasteiger charge is 2.07. The van der Waals surface area contributed by atoms with Gasteiger partial charge in [0.2, 0.25) is 0 Å². The fraction of sp³-hybridized carbons (Fsp3) is 0.435. The number of rotatable bonds is 12. The number of unbranched alkanes of at least 4 members (excludes halogenated alkanes) is 1. The van der Waals surface area contributed by atoms with Crippen molar-refractivity contribution in [1.82, 2.24) is 10.6 Å². The fourth-order valence-electron chi connectivity index (χ4n) is 2.76. The Labute approximate surface area is 197 Å². The quantitative estimate of drug-likeness (QED) is 0.186. The van der Waals surface area contributed by atoms with Crippen LogP contribution in [0.2, 0.25) is 0 Å². The molecule has 0 aromatic heterocycles. The third-order valence-corrected chi connectivity index (χ3v) is 4.36. The van der Waals surface area contributed by atoms with Gasteiger partial charge >= 0.3 is 0 Å². The van der Waals surface area contributed by atoms with Crippen LogP contribution in [0.4, 0.5) is 0 Å². The first kappa shape index (κ1) is 26.0. The van der Waals surface area contributed by atoms with Crippen molar-refractivity contribution in [1.29, 1.82) is 0 Å². The predicted molar refractivity (Wildman–Crippen MR) is 133 cm³/mol. The van der Waals surface area contributed by atoms with Crippen molar-refractivity contribution in [2.75, 3.05) is 33.9 Å². The van der Waals surface area contributed by atoms with E-state index in [4.69, 9.17) is 14.2 Å². The van der Waals surface area contributed by atoms with Gasteiger partial charge in [0.25, 0.3) is 0 Å². The summed E-state index contributed by atoms with van der Waals surface area (Å²) < 4.78 is 16.8. The first-order valence-electron chi connectivity index (χ1n) is 10.1. The number of methoxy groups -OCH3 is 1. The average molecular weight is 527 g/mol. The lowest BCUT2D eigenvalue weighted by Crippen LogP contribution is -2.37. The molecule has 0 spiro atoms. The Morgan fingerprint density at radius 2 is 1.77 bits per heavy atom. The van der Waals surface area contributed by atoms with Crippen molar-refractivity contribution in [2.24, 2.45) is 4.99 Å². The van der Waals surface area contributed by atoms with Gasteiger partial charge in [-0.2, -0.15) is 0 Å². The maximum atomic E-state index is 5.92. The predicted octanol–water partition coefficient (Wildman–Crippen LogP) is 4.37. The molecule has 0 saturated carbocycles. The molecular weight excluding hydrogens is 493 g/mol. The third kappa shape index (κ3) is 9.67. The Morgan fingerprint density at radius 3 is 2.47 bits per heavy atom. The number of hydrogen-bond donors (Lipinski definition) is 2. The minimum atomic E-state index is 0. The Kier molecular flexibility index (Phi) is 13.7. The van der Waals surface area contributed by atoms with Crippen LogP contribution >= 0.6 is 24.0 Å². The molecule has 0 heterocycles. The van der Waals surface area contributed by atoms with Crippen molar-refractivity contribution in [3.63, 3.8) is 0 Å². The summed E-state index contributed by atoms with van der Waals surface area (Å²) in [5.74, 6) is 2.24. The Balaban J connectivity index is 0.00000450. The zero-order chi connectivity index (χ0) is 20.7. The molecule has 2 aromatic rings. The molecule has 7 heteroatoms. The number of nitrogens with zero attached hydrogens (tertiary/aromatic N) is 1. The second kappa shape index (κ2) is 15.8. The zero-order valence-corrected chi connectivity index (χ0v) is 20.5. The van der Waals surface area contributed by atoms with Crippen LogP contribution < -0.4 is 20.1 Å². The molecule has 0 aliphatic carbocycles. The van der Waals surface area contributed by atoms with E-state index >= 15 is 0 Å². The first-order valence-corrected chi connectivity index (χ1v) is 10.1. The number of aliphatic imine (C=N–C) groups is 1. The second-order valence-corrected chi connectivity index (χ2v) is 6.52. The highest BCUT2D eigenvalue weighted by Crippen LogP contribution is 2.28. The van der Waals surface area contributed by atoms with E-state index in [1.54, 1.807) is 14.2 Å². The van der Waals surface area contributed by atoms with E-state index in [0.717, 1.165) is 61.2 Å². The summed E-state index contributed by atoms with van der Waals surface area (Å²) in [5, 5.41) is 6.65. The molecule has 0 saturated heterocycles. The number of guanidine groups is 1. The minimum absolute atomic E-state index is 0. The lowest BCUT2D eigenvalue weighted by Gasteiger charge is -2.14. The van der Waals surface area contributed by atoms with Gasteiger partial charge in [0.15, 0.2) is 17.5 Å². The highest BCUT2D eigenvalue weighted by molar-refractivity contribution is 14.0. The molecule has 0 aliphatic rings. The largest absolute Gasteiger partial charge is 0.493 e. The lowest BCUT2D eigenvalue weighted by molar-refractivity contribution is 0.143. The maximum absolute atomic E-state index is 5.92. The molecule has 0 aliphatic heterocycles. The van der Waals surface area contributed by atoms with Gasteiger partial charge in [0.05, 0.1) is 7.11 Å². The molecule has 6 nitrogen and oxygen atoms in total. The summed E-state index contributed by atoms with van der Waals surface area (Å²) in [6.07, 6.45) is 2.08. The molecule has 0 radical (unpaired) electrons. The number of ether oxygens (including phenoxy) is 3. The maximum Gasteiger partial charge on any atom is 0.191 e. The van der Waals surface area contributed by atoms with Crippen LogP contribution in [0.1, 0.15) is 30.9 Å². The standard InChI is InChI=1S/C23H33N3O3.HI/c1-4-28-15-9-8-14-25-23(24-2)26-17-20-12-13-21(22(16-20)27-3)29-18-19-10-6-5-7-11-19;/h5-7,10-13,16H,4,8-9,14-15,17-18H2,1-3H3,(H2,24,25,26);1H. The molecule has 0 unspecified atom stereocenters. The lowest BCUT2D eigenvalue weighted by atomic mass is 10.2. The molecule has 0 fully saturated rings. The summed E-state index contributed by atoms with van der Waals surface area (Å²) >= 11 is 0. The van der Waals surface area contributed by atoms with Gasteiger partial charge in [-0.3, -0.25) is 4.99 Å². The SMILES string of the molecule is CCOCCCCNC(=NC)NCc1ccc(OCc2ccccc2)c(OC)c1.I. The first-order chi connectivity index (χ1) is 14.3. The van der Waals surface area contributed by atoms with Crippen molar-refractivity contribution in [3.05, 3.63) is 59.7 Å². The summed E-state index contributed by atoms with van der Waals surface area (Å²) in [5.41, 5.74) is 2.21. The Bertz CT molecular complexity index is 742. The van der Waals surface area contributed by atoms with E-state index in [-0.39, 0.29) is 24.0 Å². The monoisotopic (exact) mass is 527 g/mol. The van der Waals surface area contributed by atoms with Gasteiger partial charge in [-0.05, 0) is 43.0 Å². The van der Waals surface area contributed by atoms with E-state index < -0.39 is 0 Å². The van der Waals surface area contributed by atoms with Gasteiger partial charge in [-0.15, -0.1) is 24.0 Å². The highest BCUT2D eigenvalue weighted by atomic mass is 127. The summed E-state index contributed by atoms with van der Waals surface area (Å²) in [7, 11) is 3.43. The Hall–Kier alpha value is -2.00. The van der Waals surface area contributed by atoms with Crippen molar-refractivity contribution in [3.8, 4) is 11.5 Å². The molecule has 166 valence electrons. The summed E-state index contributed by atoms with van der Waals surface area (Å²) in [6, 6.07) is 16.1. The van der Waals surface area contributed by atoms with Gasteiger partial charge in [0, 0.05) is 33.4 Å². The van der Waals surface area contributed by atoms with E-state index in [9.17, 15) is 0 Å². The molecule has 2 aromatic carbocycles. The molecule has 30 heavy (non-hydrogen) atoms. The van der Waals surface area contributed by atoms with E-state index in [0.29, 0.717) is 13.2 Å². The van der Waals surface area contributed by atoms with Crippen LogP contribution in [-0.2, 0) is 17.9 Å². The van der Waals surface area contributed by atoms with E-state index in [2.05, 4.69) is 15.6 Å². The van der Waals surface area contributed by atoms with Crippen LogP contribution in [-0.4, -0.2) is 39.9 Å². The minimum Gasteiger partial charge on any atom is -0.493 e. The van der Waals surface area contributed by atoms with Crippen LogP contribution in [0.15, 0.2) is 53.5 Å². The van der Waals surface area contributed by atoms with Gasteiger partial charge in [-0.25, -0.2) is 0 Å². The smallest absolute Gasteiger partial charge is 0.191 e. The average Bonchev–Trinajstić information content (AvgIpc) is 2.77. The van der Waals surface area contributed by atoms with Gasteiger partial charge in [-0.1, -0.05) is 36.4 Å². The number of hydrogen-bond acceptors (Lipinski definition) is 4. The van der Waals surface area contributed by atoms with E-state index in [1.165, 1.54) is 0 Å². The summed E-state index contributed by atoms with van der Waals surface area (Å²) in [4.78, 5) is 4.27. The fourth-order valence-corrected chi connectivity index (χ4v) is 2.76. The topological polar surface area (TPSA) is 64.1 Å².